The lowest BCUT2D eigenvalue weighted by molar-refractivity contribution is 0.665. The zero-order valence-electron chi connectivity index (χ0n) is 37.0. The van der Waals surface area contributed by atoms with E-state index in [0.717, 1.165) is 100 Å². The van der Waals surface area contributed by atoms with E-state index in [0.29, 0.717) is 22.4 Å². The number of nitrogens with zero attached hydrogens (tertiary/aromatic N) is 4. The van der Waals surface area contributed by atoms with Crippen molar-refractivity contribution in [2.75, 3.05) is 9.80 Å². The Kier molecular flexibility index (Phi) is 9.08. The van der Waals surface area contributed by atoms with E-state index in [-0.39, 0.29) is 0 Å². The van der Waals surface area contributed by atoms with Crippen molar-refractivity contribution in [1.82, 2.24) is 0 Å². The maximum Gasteiger partial charge on any atom is 0.210 e. The molecule has 0 bridgehead atoms. The molecule has 0 fully saturated rings. The van der Waals surface area contributed by atoms with E-state index < -0.39 is 5.41 Å². The fourth-order valence-corrected chi connectivity index (χ4v) is 11.0. The molecule has 69 heavy (non-hydrogen) atoms. The van der Waals surface area contributed by atoms with Gasteiger partial charge in [0.25, 0.3) is 0 Å². The number of nitriles is 1. The van der Waals surface area contributed by atoms with Crippen molar-refractivity contribution in [3.8, 4) is 17.2 Å². The van der Waals surface area contributed by atoms with Gasteiger partial charge in [-0.3, -0.25) is 0 Å². The Morgan fingerprint density at radius 3 is 1.33 bits per heavy atom. The lowest BCUT2D eigenvalue weighted by Gasteiger charge is -2.36. The maximum absolute atomic E-state index is 10.8. The third-order valence-electron chi connectivity index (χ3n) is 13.7. The zero-order chi connectivity index (χ0) is 46.1. The molecule has 0 spiro atoms. The highest BCUT2D eigenvalue weighted by molar-refractivity contribution is 6.25. The van der Waals surface area contributed by atoms with Gasteiger partial charge in [0.1, 0.15) is 28.4 Å². The molecule has 0 amide bonds. The lowest BCUT2D eigenvalue weighted by Crippen LogP contribution is -2.29. The van der Waals surface area contributed by atoms with Crippen LogP contribution in [0.3, 0.4) is 0 Å². The Hall–Kier alpha value is -9.62. The number of rotatable bonds is 8. The predicted molar refractivity (Wildman–Crippen MR) is 279 cm³/mol. The zero-order valence-corrected chi connectivity index (χ0v) is 37.0. The summed E-state index contributed by atoms with van der Waals surface area (Å²) in [6.07, 6.45) is 0. The highest BCUT2D eigenvalue weighted by Crippen LogP contribution is 2.64. The van der Waals surface area contributed by atoms with Gasteiger partial charge in [0.05, 0.1) is 51.1 Å². The number of para-hydroxylation sites is 7. The van der Waals surface area contributed by atoms with Crippen molar-refractivity contribution in [2.24, 2.45) is 0 Å². The number of fused-ring (bicyclic) bond motifs is 11. The van der Waals surface area contributed by atoms with Crippen LogP contribution in [0.4, 0.5) is 39.8 Å². The summed E-state index contributed by atoms with van der Waals surface area (Å²) in [6, 6.07) is 81.3. The van der Waals surface area contributed by atoms with Gasteiger partial charge < -0.3 is 18.6 Å². The van der Waals surface area contributed by atoms with Crippen LogP contribution in [0.15, 0.2) is 239 Å². The van der Waals surface area contributed by atoms with Crippen LogP contribution in [-0.4, -0.2) is 0 Å². The van der Waals surface area contributed by atoms with E-state index >= 15 is 0 Å². The average molecular weight is 883 g/mol. The summed E-state index contributed by atoms with van der Waals surface area (Å²) in [5, 5.41) is 14.5. The topological polar surface area (TPSA) is 60.9 Å². The van der Waals surface area contributed by atoms with Crippen LogP contribution in [-0.2, 0) is 5.41 Å². The van der Waals surface area contributed by atoms with Gasteiger partial charge in [-0.2, -0.15) is 5.26 Å². The molecule has 0 atom stereocenters. The highest BCUT2D eigenvalue weighted by Gasteiger charge is 2.50. The van der Waals surface area contributed by atoms with E-state index in [2.05, 4.69) is 142 Å². The molecule has 0 saturated carbocycles. The molecule has 0 unspecified atom stereocenters. The highest BCUT2D eigenvalue weighted by atomic mass is 16.3. The lowest BCUT2D eigenvalue weighted by atomic mass is 9.67. The van der Waals surface area contributed by atoms with Gasteiger partial charge in [0, 0.05) is 33.3 Å². The predicted octanol–water partition coefficient (Wildman–Crippen LogP) is 17.2. The van der Waals surface area contributed by atoms with Gasteiger partial charge in [-0.25, -0.2) is 4.85 Å². The molecule has 322 valence electrons. The number of benzene rings is 10. The fourth-order valence-electron chi connectivity index (χ4n) is 11.0. The number of hydrogen-bond donors (Lipinski definition) is 0. The van der Waals surface area contributed by atoms with Crippen LogP contribution in [0.25, 0.3) is 59.8 Å². The molecule has 0 radical (unpaired) electrons. The molecule has 1 aliphatic carbocycles. The number of hydrogen-bond acceptors (Lipinski definition) is 5. The van der Waals surface area contributed by atoms with Gasteiger partial charge >= 0.3 is 0 Å². The molecular weight excluding hydrogens is 845 g/mol. The van der Waals surface area contributed by atoms with Crippen LogP contribution < -0.4 is 9.80 Å². The van der Waals surface area contributed by atoms with Crippen LogP contribution in [0.1, 0.15) is 27.8 Å². The summed E-state index contributed by atoms with van der Waals surface area (Å²) in [4.78, 5) is 8.53. The summed E-state index contributed by atoms with van der Waals surface area (Å²) in [5.74, 6) is 0. The van der Waals surface area contributed by atoms with Gasteiger partial charge in [-0.1, -0.05) is 164 Å². The summed E-state index contributed by atoms with van der Waals surface area (Å²) in [7, 11) is 0. The third kappa shape index (κ3) is 5.83. The monoisotopic (exact) mass is 882 g/mol. The second-order valence-corrected chi connectivity index (χ2v) is 17.3. The van der Waals surface area contributed by atoms with Crippen LogP contribution in [0.5, 0.6) is 0 Å². The van der Waals surface area contributed by atoms with E-state index in [1.165, 1.54) is 0 Å². The summed E-state index contributed by atoms with van der Waals surface area (Å²) in [5.41, 5.74) is 14.0. The van der Waals surface area contributed by atoms with Gasteiger partial charge in [0.15, 0.2) is 0 Å². The SMILES string of the molecule is [C-]#[N+]c1ccccc1N(c1ccccc1)c1cc2c(c3oc4ccccc4c13)-c1c(cc(N(c3ccccc3)c3ccccc3C#N)c3c1oc1ccccc13)C2(c1ccccc1)c1ccccc1. The van der Waals surface area contributed by atoms with E-state index in [4.69, 9.17) is 15.4 Å². The fraction of sp³-hybridized carbons (Fsp3) is 0.0159. The molecule has 2 heterocycles. The maximum atomic E-state index is 10.8. The first-order valence-electron chi connectivity index (χ1n) is 22.9. The molecule has 0 saturated heterocycles. The van der Waals surface area contributed by atoms with Crippen molar-refractivity contribution in [3.05, 3.63) is 270 Å². The summed E-state index contributed by atoms with van der Waals surface area (Å²) >= 11 is 0. The standard InChI is InChI=1S/C63H38N4O2/c1-65-50-33-17-19-35-52(50)67(45-29-12-5-13-30-45)54-39-49-60(62-58(54)47-32-16-21-37-56(47)69-62)59-48(63(49,42-23-6-2-7-24-42)43-25-8-3-9-26-43)38-53(57-46-31-15-20-36-55(46)68-61(57)59)66(44-27-10-4-11-28-44)51-34-18-14-22-41(51)40-64/h2-39H. The van der Waals surface area contributed by atoms with Gasteiger partial charge in [-0.05, 0) is 89.0 Å². The molecule has 2 aromatic heterocycles. The van der Waals surface area contributed by atoms with E-state index in [9.17, 15) is 5.26 Å². The van der Waals surface area contributed by atoms with Crippen molar-refractivity contribution in [1.29, 1.82) is 5.26 Å². The van der Waals surface area contributed by atoms with Crippen molar-refractivity contribution >= 4 is 83.7 Å². The second-order valence-electron chi connectivity index (χ2n) is 17.3. The first-order chi connectivity index (χ1) is 34.2. The molecule has 1 aliphatic rings. The second kappa shape index (κ2) is 15.8. The molecule has 13 rings (SSSR count). The first kappa shape index (κ1) is 39.7. The molecule has 10 aromatic carbocycles. The normalized spacial score (nSPS) is 12.4. The van der Waals surface area contributed by atoms with Gasteiger partial charge in [-0.15, -0.1) is 0 Å². The van der Waals surface area contributed by atoms with Crippen molar-refractivity contribution < 1.29 is 8.83 Å². The quantitative estimate of drug-likeness (QED) is 0.142. The van der Waals surface area contributed by atoms with Gasteiger partial charge in [0.2, 0.25) is 5.69 Å². The largest absolute Gasteiger partial charge is 0.455 e. The molecule has 0 aliphatic heterocycles. The molecule has 12 aromatic rings. The Morgan fingerprint density at radius 1 is 0.435 bits per heavy atom. The minimum absolute atomic E-state index is 0.524. The molecule has 0 N–H and O–H groups in total. The minimum atomic E-state index is -0.976. The van der Waals surface area contributed by atoms with E-state index in [1.54, 1.807) is 0 Å². The number of furan rings is 2. The molecule has 6 heteroatoms. The minimum Gasteiger partial charge on any atom is -0.455 e. The molecule has 6 nitrogen and oxygen atoms in total. The average Bonchev–Trinajstić information content (AvgIpc) is 4.09. The Balaban J connectivity index is 1.28. The summed E-state index contributed by atoms with van der Waals surface area (Å²) < 4.78 is 14.7. The third-order valence-corrected chi connectivity index (χ3v) is 13.7. The first-order valence-corrected chi connectivity index (χ1v) is 22.9. The Labute approximate surface area is 398 Å². The van der Waals surface area contributed by atoms with Crippen molar-refractivity contribution in [3.63, 3.8) is 0 Å². The Bertz CT molecular complexity index is 3790. The van der Waals surface area contributed by atoms with E-state index in [1.807, 2.05) is 109 Å². The van der Waals surface area contributed by atoms with Crippen LogP contribution >= 0.6 is 0 Å². The molecular formula is C63H38N4O2. The van der Waals surface area contributed by atoms with Crippen LogP contribution in [0, 0.1) is 17.9 Å². The smallest absolute Gasteiger partial charge is 0.210 e. The Morgan fingerprint density at radius 2 is 0.841 bits per heavy atom. The summed E-state index contributed by atoms with van der Waals surface area (Å²) in [6.45, 7) is 8.44. The number of anilines is 6. The van der Waals surface area contributed by atoms with Crippen molar-refractivity contribution in [2.45, 2.75) is 5.41 Å². The van der Waals surface area contributed by atoms with Crippen LogP contribution in [0.2, 0.25) is 0 Å².